The van der Waals surface area contributed by atoms with Crippen molar-refractivity contribution in [3.05, 3.63) is 77.6 Å². The topological polar surface area (TPSA) is 35.0 Å². The lowest BCUT2D eigenvalue weighted by molar-refractivity contribution is 0.303. The number of rotatable bonds is 20. The number of hydrogen-bond acceptors (Lipinski definition) is 3. The lowest BCUT2D eigenvalue weighted by Gasteiger charge is -2.08. The molecule has 0 N–H and O–H groups in total. The number of nitrogens with zero attached hydrogens (tertiary/aromatic N) is 2. The molecule has 3 nitrogen and oxygen atoms in total. The van der Waals surface area contributed by atoms with Crippen LogP contribution in [-0.2, 0) is 19.4 Å². The Balaban J connectivity index is 1.34. The van der Waals surface area contributed by atoms with E-state index in [9.17, 15) is 0 Å². The third-order valence-corrected chi connectivity index (χ3v) is 7.41. The van der Waals surface area contributed by atoms with Gasteiger partial charge in [-0.25, -0.2) is 9.97 Å². The highest BCUT2D eigenvalue weighted by molar-refractivity contribution is 5.55. The molecular formula is C35H50N2O. The van der Waals surface area contributed by atoms with Gasteiger partial charge >= 0.3 is 0 Å². The van der Waals surface area contributed by atoms with Crippen LogP contribution in [0.4, 0.5) is 0 Å². The standard InChI is InChI=1S/C35H50N2O/c1-3-5-7-9-11-13-15-17-30-19-21-32(22-20-30)29-38-34-27-36-35(37-28-34)33-25-23-31(24-26-33)18-16-14-12-10-8-6-4-2/h19-28H,3-18,29H2,1-2H3. The van der Waals surface area contributed by atoms with Gasteiger partial charge in [0.15, 0.2) is 11.6 Å². The molecule has 1 aromatic heterocycles. The van der Waals surface area contributed by atoms with Crippen LogP contribution in [0.25, 0.3) is 11.4 Å². The summed E-state index contributed by atoms with van der Waals surface area (Å²) < 4.78 is 5.95. The van der Waals surface area contributed by atoms with E-state index < -0.39 is 0 Å². The van der Waals surface area contributed by atoms with Gasteiger partial charge in [0.2, 0.25) is 0 Å². The molecule has 0 spiro atoms. The van der Waals surface area contributed by atoms with Crippen molar-refractivity contribution in [3.8, 4) is 17.1 Å². The second-order valence-corrected chi connectivity index (χ2v) is 10.8. The Bertz CT molecular complexity index is 980. The fraction of sp³-hybridized carbons (Fsp3) is 0.543. The van der Waals surface area contributed by atoms with E-state index in [4.69, 9.17) is 4.74 Å². The normalized spacial score (nSPS) is 11.1. The van der Waals surface area contributed by atoms with Crippen molar-refractivity contribution in [1.82, 2.24) is 9.97 Å². The lowest BCUT2D eigenvalue weighted by Crippen LogP contribution is -1.98. The van der Waals surface area contributed by atoms with Crippen molar-refractivity contribution in [2.75, 3.05) is 0 Å². The molecule has 3 heteroatoms. The molecule has 206 valence electrons. The second-order valence-electron chi connectivity index (χ2n) is 10.8. The maximum Gasteiger partial charge on any atom is 0.159 e. The molecule has 3 aromatic rings. The SMILES string of the molecule is CCCCCCCCCc1ccc(COc2cnc(-c3ccc(CCCCCCCCC)cc3)nc2)cc1. The Morgan fingerprint density at radius 2 is 0.921 bits per heavy atom. The molecule has 0 aliphatic carbocycles. The summed E-state index contributed by atoms with van der Waals surface area (Å²) in [6, 6.07) is 17.6. The molecule has 0 fully saturated rings. The van der Waals surface area contributed by atoms with Gasteiger partial charge in [-0.15, -0.1) is 0 Å². The average Bonchev–Trinajstić information content (AvgIpc) is 2.96. The zero-order chi connectivity index (χ0) is 26.7. The van der Waals surface area contributed by atoms with Crippen molar-refractivity contribution in [2.24, 2.45) is 0 Å². The van der Waals surface area contributed by atoms with Crippen LogP contribution in [0, 0.1) is 0 Å². The zero-order valence-corrected chi connectivity index (χ0v) is 24.1. The quantitative estimate of drug-likeness (QED) is 0.141. The number of unbranched alkanes of at least 4 members (excludes halogenated alkanes) is 12. The van der Waals surface area contributed by atoms with Gasteiger partial charge in [-0.3, -0.25) is 0 Å². The molecule has 3 rings (SSSR count). The highest BCUT2D eigenvalue weighted by Crippen LogP contribution is 2.20. The molecule has 0 saturated heterocycles. The van der Waals surface area contributed by atoms with Gasteiger partial charge < -0.3 is 4.74 Å². The average molecular weight is 515 g/mol. The minimum atomic E-state index is 0.535. The first-order valence-electron chi connectivity index (χ1n) is 15.4. The van der Waals surface area contributed by atoms with E-state index in [-0.39, 0.29) is 0 Å². The van der Waals surface area contributed by atoms with Crippen LogP contribution < -0.4 is 4.74 Å². The van der Waals surface area contributed by atoms with Gasteiger partial charge in [-0.05, 0) is 42.4 Å². The van der Waals surface area contributed by atoms with Crippen LogP contribution in [0.3, 0.4) is 0 Å². The number of ether oxygens (including phenoxy) is 1. The van der Waals surface area contributed by atoms with Crippen molar-refractivity contribution < 1.29 is 4.74 Å². The maximum atomic E-state index is 5.95. The van der Waals surface area contributed by atoms with E-state index in [1.807, 2.05) is 0 Å². The molecule has 0 saturated carbocycles. The fourth-order valence-electron chi connectivity index (χ4n) is 4.90. The van der Waals surface area contributed by atoms with Gasteiger partial charge in [-0.2, -0.15) is 0 Å². The van der Waals surface area contributed by atoms with Gasteiger partial charge in [0, 0.05) is 5.56 Å². The lowest BCUT2D eigenvalue weighted by atomic mass is 10.0. The largest absolute Gasteiger partial charge is 0.486 e. The number of aryl methyl sites for hydroxylation is 2. The fourth-order valence-corrected chi connectivity index (χ4v) is 4.90. The molecular weight excluding hydrogens is 464 g/mol. The second kappa shape index (κ2) is 18.6. The summed E-state index contributed by atoms with van der Waals surface area (Å²) in [5.74, 6) is 1.45. The Kier molecular flexibility index (Phi) is 14.6. The van der Waals surface area contributed by atoms with E-state index in [0.29, 0.717) is 12.4 Å². The predicted molar refractivity (Wildman–Crippen MR) is 162 cm³/mol. The Morgan fingerprint density at radius 3 is 1.42 bits per heavy atom. The van der Waals surface area contributed by atoms with Crippen LogP contribution in [-0.4, -0.2) is 9.97 Å². The zero-order valence-electron chi connectivity index (χ0n) is 24.1. The van der Waals surface area contributed by atoms with Crippen LogP contribution in [0.1, 0.15) is 120 Å². The summed E-state index contributed by atoms with van der Waals surface area (Å²) in [5.41, 5.74) is 5.05. The molecule has 2 aromatic carbocycles. The number of benzene rings is 2. The monoisotopic (exact) mass is 514 g/mol. The first kappa shape index (κ1) is 29.9. The summed E-state index contributed by atoms with van der Waals surface area (Å²) in [4.78, 5) is 9.09. The van der Waals surface area contributed by atoms with E-state index in [1.165, 1.54) is 113 Å². The van der Waals surface area contributed by atoms with Crippen molar-refractivity contribution >= 4 is 0 Å². The molecule has 0 unspecified atom stereocenters. The van der Waals surface area contributed by atoms with E-state index in [0.717, 1.165) is 17.8 Å². The predicted octanol–water partition coefficient (Wildman–Crippen LogP) is 10.3. The number of aromatic nitrogens is 2. The molecule has 1 heterocycles. The van der Waals surface area contributed by atoms with Gasteiger partial charge in [0.1, 0.15) is 6.61 Å². The van der Waals surface area contributed by atoms with Gasteiger partial charge in [0.05, 0.1) is 12.4 Å². The number of hydrogen-bond donors (Lipinski definition) is 0. The van der Waals surface area contributed by atoms with Gasteiger partial charge in [-0.1, -0.05) is 139 Å². The van der Waals surface area contributed by atoms with Crippen molar-refractivity contribution in [1.29, 1.82) is 0 Å². The first-order chi connectivity index (χ1) is 18.8. The third-order valence-electron chi connectivity index (χ3n) is 7.41. The van der Waals surface area contributed by atoms with Crippen LogP contribution in [0.2, 0.25) is 0 Å². The minimum Gasteiger partial charge on any atom is -0.486 e. The Labute approximate surface area is 232 Å². The van der Waals surface area contributed by atoms with Crippen molar-refractivity contribution in [2.45, 2.75) is 123 Å². The summed E-state index contributed by atoms with van der Waals surface area (Å²) in [6.07, 6.45) is 24.8. The first-order valence-corrected chi connectivity index (χ1v) is 15.4. The van der Waals surface area contributed by atoms with E-state index in [2.05, 4.69) is 72.3 Å². The van der Waals surface area contributed by atoms with Crippen LogP contribution in [0.15, 0.2) is 60.9 Å². The van der Waals surface area contributed by atoms with E-state index >= 15 is 0 Å². The van der Waals surface area contributed by atoms with Crippen LogP contribution >= 0.6 is 0 Å². The molecule has 0 amide bonds. The molecule has 0 atom stereocenters. The third kappa shape index (κ3) is 11.8. The highest BCUT2D eigenvalue weighted by Gasteiger charge is 2.04. The maximum absolute atomic E-state index is 5.95. The van der Waals surface area contributed by atoms with Crippen molar-refractivity contribution in [3.63, 3.8) is 0 Å². The molecule has 0 bridgehead atoms. The van der Waals surface area contributed by atoms with Crippen LogP contribution in [0.5, 0.6) is 5.75 Å². The summed E-state index contributed by atoms with van der Waals surface area (Å²) in [6.45, 7) is 5.08. The Morgan fingerprint density at radius 1 is 0.500 bits per heavy atom. The highest BCUT2D eigenvalue weighted by atomic mass is 16.5. The van der Waals surface area contributed by atoms with E-state index in [1.54, 1.807) is 12.4 Å². The summed E-state index contributed by atoms with van der Waals surface area (Å²) in [5, 5.41) is 0. The summed E-state index contributed by atoms with van der Waals surface area (Å²) >= 11 is 0. The molecule has 0 radical (unpaired) electrons. The minimum absolute atomic E-state index is 0.535. The molecule has 38 heavy (non-hydrogen) atoms. The Hall–Kier alpha value is -2.68. The molecule has 0 aliphatic rings. The smallest absolute Gasteiger partial charge is 0.159 e. The molecule has 0 aliphatic heterocycles. The summed E-state index contributed by atoms with van der Waals surface area (Å²) in [7, 11) is 0. The van der Waals surface area contributed by atoms with Gasteiger partial charge in [0.25, 0.3) is 0 Å².